The van der Waals surface area contributed by atoms with Gasteiger partial charge in [0.05, 0.1) is 26.1 Å². The number of phosphoric ester groups is 1. The second kappa shape index (κ2) is 8.32. The third-order valence-corrected chi connectivity index (χ3v) is 4.55. The van der Waals surface area contributed by atoms with E-state index >= 15 is 0 Å². The summed E-state index contributed by atoms with van der Waals surface area (Å²) in [6, 6.07) is 0. The normalized spacial score (nSPS) is 26.8. The Balaban J connectivity index is 1.85. The molecule has 0 aromatic carbocycles. The van der Waals surface area contributed by atoms with Crippen LogP contribution in [0.4, 0.5) is 5.82 Å². The molecule has 15 heteroatoms. The molecule has 1 fully saturated rings. The van der Waals surface area contributed by atoms with E-state index in [1.54, 1.807) is 0 Å². The van der Waals surface area contributed by atoms with Crippen molar-refractivity contribution in [3.05, 3.63) is 12.7 Å². The highest BCUT2D eigenvalue weighted by Crippen LogP contribution is 2.39. The zero-order valence-electron chi connectivity index (χ0n) is 14.3. The molecule has 156 valence electrons. The summed E-state index contributed by atoms with van der Waals surface area (Å²) >= 11 is 0. The van der Waals surface area contributed by atoms with E-state index in [9.17, 15) is 14.8 Å². The molecular weight excluding hydrogens is 401 g/mol. The first kappa shape index (κ1) is 21.0. The minimum Gasteiger partial charge on any atom is -0.394 e. The first-order valence-corrected chi connectivity index (χ1v) is 9.61. The van der Waals surface area contributed by atoms with Crippen molar-refractivity contribution in [3.63, 3.8) is 0 Å². The number of imidazole rings is 1. The number of hydrogen-bond donors (Lipinski definition) is 6. The number of nitrogens with two attached hydrogens (primary N) is 1. The Morgan fingerprint density at radius 2 is 2.11 bits per heavy atom. The highest BCUT2D eigenvalue weighted by atomic mass is 31.2. The fourth-order valence-electron chi connectivity index (χ4n) is 2.79. The summed E-state index contributed by atoms with van der Waals surface area (Å²) in [7, 11) is -4.80. The molecule has 1 saturated heterocycles. The molecule has 0 aliphatic carbocycles. The lowest BCUT2D eigenvalue weighted by Gasteiger charge is -2.22. The van der Waals surface area contributed by atoms with Gasteiger partial charge in [0, 0.05) is 0 Å². The topological polar surface area (TPSA) is 216 Å². The van der Waals surface area contributed by atoms with Gasteiger partial charge in [-0.3, -0.25) is 9.09 Å². The average Bonchev–Trinajstić information content (AvgIpc) is 3.19. The molecule has 3 heterocycles. The van der Waals surface area contributed by atoms with E-state index in [2.05, 4.69) is 19.5 Å². The monoisotopic (exact) mass is 421 g/mol. The first-order valence-electron chi connectivity index (χ1n) is 8.08. The number of nitrogen functional groups attached to an aromatic ring is 1. The first-order chi connectivity index (χ1) is 13.2. The Morgan fingerprint density at radius 3 is 2.79 bits per heavy atom. The molecule has 0 radical (unpaired) electrons. The van der Waals surface area contributed by atoms with Crippen LogP contribution in [0, 0.1) is 0 Å². The van der Waals surface area contributed by atoms with Crippen LogP contribution in [-0.4, -0.2) is 88.9 Å². The van der Waals surface area contributed by atoms with Crippen LogP contribution in [0.25, 0.3) is 11.2 Å². The van der Waals surface area contributed by atoms with Gasteiger partial charge in [-0.05, 0) is 0 Å². The number of nitrogens with zero attached hydrogens (tertiary/aromatic N) is 4. The fraction of sp³-hybridized carbons (Fsp3) is 0.615. The largest absolute Gasteiger partial charge is 0.469 e. The highest BCUT2D eigenvalue weighted by molar-refractivity contribution is 7.46. The van der Waals surface area contributed by atoms with Gasteiger partial charge in [0.15, 0.2) is 17.7 Å². The Kier molecular flexibility index (Phi) is 6.24. The maximum atomic E-state index is 11.0. The quantitative estimate of drug-likeness (QED) is 0.244. The number of anilines is 1. The molecule has 0 saturated carbocycles. The van der Waals surface area contributed by atoms with Crippen LogP contribution in [0.1, 0.15) is 6.23 Å². The van der Waals surface area contributed by atoms with Crippen molar-refractivity contribution in [2.45, 2.75) is 30.6 Å². The van der Waals surface area contributed by atoms with Crippen LogP contribution >= 0.6 is 7.82 Å². The second-order valence-electron chi connectivity index (χ2n) is 6.06. The van der Waals surface area contributed by atoms with Crippen LogP contribution in [-0.2, 0) is 18.6 Å². The molecule has 7 N–H and O–H groups in total. The summed E-state index contributed by atoms with van der Waals surface area (Å²) in [5.41, 5.74) is 6.28. The third kappa shape index (κ3) is 4.46. The van der Waals surface area contributed by atoms with E-state index in [0.717, 1.165) is 0 Å². The SMILES string of the molecule is Nc1ncnc2c1ncn2[C@@H]1O[C@H](COP(=O)(O)O)[C@@H](OCC(O)CO)[C@H]1O. The molecule has 1 aliphatic heterocycles. The zero-order chi connectivity index (χ0) is 20.5. The number of phosphoric acid groups is 1. The van der Waals surface area contributed by atoms with Crippen molar-refractivity contribution >= 4 is 24.8 Å². The second-order valence-corrected chi connectivity index (χ2v) is 7.30. The summed E-state index contributed by atoms with van der Waals surface area (Å²) in [6.45, 7) is -1.51. The summed E-state index contributed by atoms with van der Waals surface area (Å²) in [4.78, 5) is 29.8. The number of rotatable bonds is 8. The van der Waals surface area contributed by atoms with Crippen LogP contribution < -0.4 is 5.73 Å². The molecule has 5 atom stereocenters. The summed E-state index contributed by atoms with van der Waals surface area (Å²) in [5.74, 6) is 0.122. The molecule has 3 rings (SSSR count). The standard InChI is InChI=1S/C13H20N5O9P/c14-11-8-12(16-4-15-11)18(5-17-8)13-9(21)10(25-2-6(20)1-19)7(27-13)3-26-28(22,23)24/h4-7,9-10,13,19-21H,1-3H2,(H2,14,15,16)(H2,22,23,24)/t6?,7-,9-,10-,13-/m1/s1. The summed E-state index contributed by atoms with van der Waals surface area (Å²) in [5, 5.41) is 29.0. The van der Waals surface area contributed by atoms with Crippen LogP contribution in [0.2, 0.25) is 0 Å². The maximum Gasteiger partial charge on any atom is 0.469 e. The Labute approximate surface area is 157 Å². The van der Waals surface area contributed by atoms with Gasteiger partial charge in [0.1, 0.15) is 36.3 Å². The Hall–Kier alpha value is -1.74. The van der Waals surface area contributed by atoms with Crippen molar-refractivity contribution in [1.29, 1.82) is 0 Å². The number of aliphatic hydroxyl groups is 3. The van der Waals surface area contributed by atoms with Crippen LogP contribution in [0.5, 0.6) is 0 Å². The van der Waals surface area contributed by atoms with Gasteiger partial charge < -0.3 is 40.3 Å². The molecule has 14 nitrogen and oxygen atoms in total. The highest BCUT2D eigenvalue weighted by Gasteiger charge is 2.47. The number of aromatic nitrogens is 4. The maximum absolute atomic E-state index is 11.0. The minimum absolute atomic E-state index is 0.122. The molecule has 0 spiro atoms. The van der Waals surface area contributed by atoms with E-state index in [1.165, 1.54) is 17.2 Å². The fourth-order valence-corrected chi connectivity index (χ4v) is 3.13. The van der Waals surface area contributed by atoms with Gasteiger partial charge in [-0.15, -0.1) is 0 Å². The van der Waals surface area contributed by atoms with Crippen molar-refractivity contribution in [2.24, 2.45) is 0 Å². The molecule has 2 aromatic rings. The van der Waals surface area contributed by atoms with Crippen molar-refractivity contribution in [1.82, 2.24) is 19.5 Å². The van der Waals surface area contributed by atoms with Crippen molar-refractivity contribution in [3.8, 4) is 0 Å². The van der Waals surface area contributed by atoms with Crippen molar-refractivity contribution in [2.75, 3.05) is 25.6 Å². The van der Waals surface area contributed by atoms with E-state index in [4.69, 9.17) is 30.1 Å². The van der Waals surface area contributed by atoms with Gasteiger partial charge >= 0.3 is 7.82 Å². The predicted molar refractivity (Wildman–Crippen MR) is 90.5 cm³/mol. The van der Waals surface area contributed by atoms with E-state index in [0.29, 0.717) is 0 Å². The van der Waals surface area contributed by atoms with E-state index in [1.807, 2.05) is 0 Å². The Morgan fingerprint density at radius 1 is 1.36 bits per heavy atom. The number of fused-ring (bicyclic) bond motifs is 1. The van der Waals surface area contributed by atoms with E-state index < -0.39 is 51.7 Å². The summed E-state index contributed by atoms with van der Waals surface area (Å²) < 4.78 is 27.9. The van der Waals surface area contributed by atoms with Gasteiger partial charge in [-0.25, -0.2) is 19.5 Å². The Bertz CT molecular complexity index is 860. The van der Waals surface area contributed by atoms with Gasteiger partial charge in [-0.1, -0.05) is 0 Å². The predicted octanol–water partition coefficient (Wildman–Crippen LogP) is -2.49. The number of hydrogen-bond acceptors (Lipinski definition) is 11. The molecule has 0 amide bonds. The van der Waals surface area contributed by atoms with Gasteiger partial charge in [0.2, 0.25) is 0 Å². The minimum atomic E-state index is -4.80. The van der Waals surface area contributed by atoms with E-state index in [-0.39, 0.29) is 23.6 Å². The molecule has 2 aromatic heterocycles. The van der Waals surface area contributed by atoms with Crippen LogP contribution in [0.3, 0.4) is 0 Å². The lowest BCUT2D eigenvalue weighted by Crippen LogP contribution is -2.39. The zero-order valence-corrected chi connectivity index (χ0v) is 15.2. The number of ether oxygens (including phenoxy) is 2. The molecule has 1 unspecified atom stereocenters. The lowest BCUT2D eigenvalue weighted by atomic mass is 10.1. The van der Waals surface area contributed by atoms with Gasteiger partial charge in [-0.2, -0.15) is 0 Å². The van der Waals surface area contributed by atoms with Crippen LogP contribution in [0.15, 0.2) is 12.7 Å². The van der Waals surface area contributed by atoms with Gasteiger partial charge in [0.25, 0.3) is 0 Å². The molecule has 28 heavy (non-hydrogen) atoms. The van der Waals surface area contributed by atoms with Crippen molar-refractivity contribution < 1.29 is 43.7 Å². The molecular formula is C13H20N5O9P. The smallest absolute Gasteiger partial charge is 0.394 e. The number of aliphatic hydroxyl groups excluding tert-OH is 3. The third-order valence-electron chi connectivity index (χ3n) is 4.07. The lowest BCUT2D eigenvalue weighted by molar-refractivity contribution is -0.0847. The average molecular weight is 421 g/mol. The summed E-state index contributed by atoms with van der Waals surface area (Å²) in [6.07, 6.45) is -3.36. The molecule has 0 bridgehead atoms. The molecule has 1 aliphatic rings.